The summed E-state index contributed by atoms with van der Waals surface area (Å²) in [7, 11) is 0. The van der Waals surface area contributed by atoms with Crippen LogP contribution in [-0.2, 0) is 0 Å². The summed E-state index contributed by atoms with van der Waals surface area (Å²) in [4.78, 5) is 16.7. The monoisotopic (exact) mass is 233 g/mol. The summed E-state index contributed by atoms with van der Waals surface area (Å²) in [5.74, 6) is 0.398. The van der Waals surface area contributed by atoms with Crippen LogP contribution in [0.3, 0.4) is 0 Å². The van der Waals surface area contributed by atoms with E-state index < -0.39 is 0 Å². The molecule has 2 heterocycles. The first-order chi connectivity index (χ1) is 7.65. The van der Waals surface area contributed by atoms with Gasteiger partial charge in [-0.1, -0.05) is 0 Å². The Morgan fingerprint density at radius 3 is 2.31 bits per heavy atom. The SMILES string of the molecule is Cc1cc(C)nc(Sc2nccnc2N)n1. The predicted molar refractivity (Wildman–Crippen MR) is 62.1 cm³/mol. The molecular weight excluding hydrogens is 222 g/mol. The average molecular weight is 233 g/mol. The smallest absolute Gasteiger partial charge is 0.194 e. The van der Waals surface area contributed by atoms with E-state index in [2.05, 4.69) is 19.9 Å². The van der Waals surface area contributed by atoms with E-state index in [1.165, 1.54) is 11.8 Å². The molecule has 0 aliphatic heterocycles. The topological polar surface area (TPSA) is 77.6 Å². The maximum absolute atomic E-state index is 5.69. The molecule has 0 aliphatic carbocycles. The lowest BCUT2D eigenvalue weighted by molar-refractivity contribution is 0.898. The molecule has 0 unspecified atom stereocenters. The second-order valence-electron chi connectivity index (χ2n) is 3.28. The zero-order chi connectivity index (χ0) is 11.5. The van der Waals surface area contributed by atoms with Crippen LogP contribution in [0, 0.1) is 13.8 Å². The normalized spacial score (nSPS) is 10.4. The molecule has 0 spiro atoms. The molecule has 2 N–H and O–H groups in total. The van der Waals surface area contributed by atoms with Gasteiger partial charge in [0.1, 0.15) is 5.03 Å². The van der Waals surface area contributed by atoms with Gasteiger partial charge in [0.25, 0.3) is 0 Å². The Morgan fingerprint density at radius 1 is 1.06 bits per heavy atom. The van der Waals surface area contributed by atoms with Crippen LogP contribution in [0.15, 0.2) is 28.6 Å². The zero-order valence-corrected chi connectivity index (χ0v) is 9.82. The summed E-state index contributed by atoms with van der Waals surface area (Å²) in [5, 5.41) is 1.28. The molecule has 5 nitrogen and oxygen atoms in total. The first-order valence-corrected chi connectivity index (χ1v) is 5.53. The fourth-order valence-corrected chi connectivity index (χ4v) is 2.06. The van der Waals surface area contributed by atoms with Crippen LogP contribution in [0.1, 0.15) is 11.4 Å². The van der Waals surface area contributed by atoms with Gasteiger partial charge >= 0.3 is 0 Å². The van der Waals surface area contributed by atoms with E-state index in [1.54, 1.807) is 12.4 Å². The van der Waals surface area contributed by atoms with Crippen molar-refractivity contribution in [1.82, 2.24) is 19.9 Å². The number of anilines is 1. The minimum absolute atomic E-state index is 0.398. The highest BCUT2D eigenvalue weighted by atomic mass is 32.2. The van der Waals surface area contributed by atoms with Gasteiger partial charge < -0.3 is 5.73 Å². The lowest BCUT2D eigenvalue weighted by atomic mass is 10.4. The Balaban J connectivity index is 2.30. The highest BCUT2D eigenvalue weighted by molar-refractivity contribution is 7.99. The number of rotatable bonds is 2. The quantitative estimate of drug-likeness (QED) is 0.794. The highest BCUT2D eigenvalue weighted by Gasteiger charge is 2.07. The molecule has 0 aromatic carbocycles. The summed E-state index contributed by atoms with van der Waals surface area (Å²) in [6, 6.07) is 1.92. The van der Waals surface area contributed by atoms with Crippen molar-refractivity contribution in [2.45, 2.75) is 24.0 Å². The third kappa shape index (κ3) is 2.46. The van der Waals surface area contributed by atoms with E-state index in [1.807, 2.05) is 19.9 Å². The van der Waals surface area contributed by atoms with Crippen LogP contribution in [-0.4, -0.2) is 19.9 Å². The molecule has 0 atom stereocenters. The number of hydrogen-bond donors (Lipinski definition) is 1. The van der Waals surface area contributed by atoms with Crippen molar-refractivity contribution < 1.29 is 0 Å². The van der Waals surface area contributed by atoms with Gasteiger partial charge in [0.15, 0.2) is 11.0 Å². The second-order valence-corrected chi connectivity index (χ2v) is 4.24. The first kappa shape index (κ1) is 10.8. The molecule has 0 radical (unpaired) electrons. The summed E-state index contributed by atoms with van der Waals surface area (Å²) in [6.45, 7) is 3.86. The predicted octanol–water partition coefficient (Wildman–Crippen LogP) is 1.62. The van der Waals surface area contributed by atoms with Gasteiger partial charge in [0.05, 0.1) is 0 Å². The van der Waals surface area contributed by atoms with Gasteiger partial charge in [-0.2, -0.15) is 0 Å². The van der Waals surface area contributed by atoms with Crippen molar-refractivity contribution in [2.75, 3.05) is 5.73 Å². The lowest BCUT2D eigenvalue weighted by Crippen LogP contribution is -1.97. The second kappa shape index (κ2) is 4.44. The third-order valence-electron chi connectivity index (χ3n) is 1.84. The van der Waals surface area contributed by atoms with Crippen molar-refractivity contribution in [1.29, 1.82) is 0 Å². The van der Waals surface area contributed by atoms with Crippen LogP contribution in [0.5, 0.6) is 0 Å². The summed E-state index contributed by atoms with van der Waals surface area (Å²) in [6.07, 6.45) is 3.16. The van der Waals surface area contributed by atoms with Gasteiger partial charge in [-0.3, -0.25) is 0 Å². The maximum Gasteiger partial charge on any atom is 0.194 e. The van der Waals surface area contributed by atoms with Crippen LogP contribution < -0.4 is 5.73 Å². The Morgan fingerprint density at radius 2 is 1.69 bits per heavy atom. The van der Waals surface area contributed by atoms with Crippen molar-refractivity contribution in [3.05, 3.63) is 29.8 Å². The van der Waals surface area contributed by atoms with Gasteiger partial charge in [-0.25, -0.2) is 19.9 Å². The molecule has 0 bridgehead atoms. The minimum atomic E-state index is 0.398. The fraction of sp³-hybridized carbons (Fsp3) is 0.200. The largest absolute Gasteiger partial charge is 0.381 e. The van der Waals surface area contributed by atoms with Gasteiger partial charge in [0.2, 0.25) is 0 Å². The molecule has 2 aromatic rings. The Bertz CT molecular complexity index is 494. The minimum Gasteiger partial charge on any atom is -0.381 e. The molecule has 2 rings (SSSR count). The van der Waals surface area contributed by atoms with Crippen LogP contribution in [0.2, 0.25) is 0 Å². The Kier molecular flexibility index (Phi) is 3.00. The molecule has 0 amide bonds. The van der Waals surface area contributed by atoms with Gasteiger partial charge in [-0.05, 0) is 31.7 Å². The summed E-state index contributed by atoms with van der Waals surface area (Å²) in [5.41, 5.74) is 7.55. The maximum atomic E-state index is 5.69. The standard InChI is InChI=1S/C10H11N5S/c1-6-5-7(2)15-10(14-6)16-9-8(11)12-3-4-13-9/h3-5H,1-2H3,(H2,11,12). The Hall–Kier alpha value is -1.69. The van der Waals surface area contributed by atoms with Crippen molar-refractivity contribution in [3.8, 4) is 0 Å². The van der Waals surface area contributed by atoms with E-state index in [4.69, 9.17) is 5.73 Å². The van der Waals surface area contributed by atoms with Crippen LogP contribution in [0.25, 0.3) is 0 Å². The van der Waals surface area contributed by atoms with E-state index >= 15 is 0 Å². The highest BCUT2D eigenvalue weighted by Crippen LogP contribution is 2.25. The number of aryl methyl sites for hydroxylation is 2. The molecule has 0 saturated carbocycles. The summed E-state index contributed by atoms with van der Waals surface area (Å²) >= 11 is 1.32. The zero-order valence-electron chi connectivity index (χ0n) is 9.01. The van der Waals surface area contributed by atoms with E-state index in [0.717, 1.165) is 11.4 Å². The average Bonchev–Trinajstić information content (AvgIpc) is 2.20. The van der Waals surface area contributed by atoms with Gasteiger partial charge in [0, 0.05) is 23.8 Å². The van der Waals surface area contributed by atoms with E-state index in [9.17, 15) is 0 Å². The number of nitrogen functional groups attached to an aromatic ring is 1. The molecular formula is C10H11N5S. The number of hydrogen-bond acceptors (Lipinski definition) is 6. The molecule has 0 aliphatic rings. The van der Waals surface area contributed by atoms with Crippen LogP contribution in [0.4, 0.5) is 5.82 Å². The van der Waals surface area contributed by atoms with Crippen molar-refractivity contribution in [3.63, 3.8) is 0 Å². The van der Waals surface area contributed by atoms with Crippen molar-refractivity contribution in [2.24, 2.45) is 0 Å². The fourth-order valence-electron chi connectivity index (χ4n) is 1.24. The lowest BCUT2D eigenvalue weighted by Gasteiger charge is -2.03. The van der Waals surface area contributed by atoms with E-state index in [0.29, 0.717) is 16.0 Å². The van der Waals surface area contributed by atoms with Gasteiger partial charge in [-0.15, -0.1) is 0 Å². The van der Waals surface area contributed by atoms with E-state index in [-0.39, 0.29) is 0 Å². The number of nitrogens with two attached hydrogens (primary N) is 1. The molecule has 16 heavy (non-hydrogen) atoms. The number of nitrogens with zero attached hydrogens (tertiary/aromatic N) is 4. The summed E-state index contributed by atoms with van der Waals surface area (Å²) < 4.78 is 0. The number of aromatic nitrogens is 4. The molecule has 0 fully saturated rings. The molecule has 0 saturated heterocycles. The molecule has 82 valence electrons. The van der Waals surface area contributed by atoms with Crippen LogP contribution >= 0.6 is 11.8 Å². The Labute approximate surface area is 97.6 Å². The molecule has 2 aromatic heterocycles. The first-order valence-electron chi connectivity index (χ1n) is 4.72. The third-order valence-corrected chi connectivity index (χ3v) is 2.71. The molecule has 6 heteroatoms. The van der Waals surface area contributed by atoms with Crippen molar-refractivity contribution >= 4 is 17.6 Å².